The first kappa shape index (κ1) is 25.8. The maximum Gasteiger partial charge on any atom is 0.246 e. The highest BCUT2D eigenvalue weighted by Gasteiger charge is 2.25. The van der Waals surface area contributed by atoms with Gasteiger partial charge in [-0.3, -0.25) is 9.69 Å². The summed E-state index contributed by atoms with van der Waals surface area (Å²) in [4.78, 5) is 27.5. The molecule has 1 fully saturated rings. The third-order valence-corrected chi connectivity index (χ3v) is 6.98. The Kier molecular flexibility index (Phi) is 8.32. The van der Waals surface area contributed by atoms with E-state index in [1.807, 2.05) is 24.2 Å². The van der Waals surface area contributed by atoms with Crippen LogP contribution in [0.5, 0.6) is 11.5 Å². The number of benzene rings is 1. The molecule has 1 saturated heterocycles. The van der Waals surface area contributed by atoms with Gasteiger partial charge in [-0.1, -0.05) is 18.2 Å². The zero-order valence-corrected chi connectivity index (χ0v) is 21.8. The Labute approximate surface area is 217 Å². The van der Waals surface area contributed by atoms with Crippen LogP contribution in [0, 0.1) is 0 Å². The lowest BCUT2D eigenvalue weighted by molar-refractivity contribution is -0.127. The van der Waals surface area contributed by atoms with E-state index in [4.69, 9.17) is 26.1 Å². The summed E-state index contributed by atoms with van der Waals surface area (Å²) in [6, 6.07) is 3.72. The minimum absolute atomic E-state index is 0.00625. The molecule has 10 heteroatoms. The Hall–Kier alpha value is -3.30. The fraction of sp³-hybridized carbons (Fsp3) is 0.423. The Morgan fingerprint density at radius 2 is 1.97 bits per heavy atom. The first-order chi connectivity index (χ1) is 17.5. The number of anilines is 2. The van der Waals surface area contributed by atoms with Crippen LogP contribution in [0.15, 0.2) is 31.0 Å². The van der Waals surface area contributed by atoms with Gasteiger partial charge < -0.3 is 24.6 Å². The fourth-order valence-corrected chi connectivity index (χ4v) is 4.91. The average Bonchev–Trinajstić information content (AvgIpc) is 2.92. The summed E-state index contributed by atoms with van der Waals surface area (Å²) in [6.07, 6.45) is 6.26. The molecule has 9 nitrogen and oxygen atoms in total. The Morgan fingerprint density at radius 3 is 2.64 bits per heavy atom. The lowest BCUT2D eigenvalue weighted by atomic mass is 9.98. The molecule has 0 unspecified atom stereocenters. The molecule has 2 aliphatic heterocycles. The number of aromatic nitrogens is 2. The van der Waals surface area contributed by atoms with Gasteiger partial charge in [-0.15, -0.1) is 0 Å². The summed E-state index contributed by atoms with van der Waals surface area (Å²) in [5.74, 6) is 2.73. The number of methoxy groups -OCH3 is 2. The number of piperazine rings is 1. The van der Waals surface area contributed by atoms with Crippen molar-refractivity contribution in [2.45, 2.75) is 6.42 Å². The standard InChI is InChI=1S/C26H33ClN6O3/c1-5-23(34)32-11-9-31(10-12-32)7-6-8-33-17-19(13-18-16-29-26(28-2)30-25(18)33)21-14-20(35-3)15-22(36-4)24(21)27/h5,13-16H,1,6-12,17H2,2-4H3,(H,28,29,30). The van der Waals surface area contributed by atoms with E-state index >= 15 is 0 Å². The second-order valence-electron chi connectivity index (χ2n) is 8.73. The predicted octanol–water partition coefficient (Wildman–Crippen LogP) is 3.27. The number of nitrogens with zero attached hydrogens (tertiary/aromatic N) is 5. The molecular weight excluding hydrogens is 480 g/mol. The van der Waals surface area contributed by atoms with Crippen LogP contribution in [0.3, 0.4) is 0 Å². The van der Waals surface area contributed by atoms with Gasteiger partial charge in [0, 0.05) is 69.7 Å². The van der Waals surface area contributed by atoms with E-state index < -0.39 is 0 Å². The number of hydrogen-bond acceptors (Lipinski definition) is 8. The van der Waals surface area contributed by atoms with Crippen LogP contribution >= 0.6 is 11.6 Å². The number of carbonyl (C=O) groups is 1. The smallest absolute Gasteiger partial charge is 0.246 e. The highest BCUT2D eigenvalue weighted by molar-refractivity contribution is 6.34. The molecule has 1 N–H and O–H groups in total. The van der Waals surface area contributed by atoms with E-state index in [1.54, 1.807) is 20.3 Å². The quantitative estimate of drug-likeness (QED) is 0.513. The number of fused-ring (bicyclic) bond motifs is 1. The van der Waals surface area contributed by atoms with Crippen molar-refractivity contribution in [3.63, 3.8) is 0 Å². The molecule has 0 saturated carbocycles. The molecule has 192 valence electrons. The van der Waals surface area contributed by atoms with Crippen LogP contribution in [0.25, 0.3) is 11.6 Å². The molecule has 1 amide bonds. The second-order valence-corrected chi connectivity index (χ2v) is 9.11. The van der Waals surface area contributed by atoms with Crippen LogP contribution in [0.1, 0.15) is 17.5 Å². The number of nitrogens with one attached hydrogen (secondary N) is 1. The van der Waals surface area contributed by atoms with Gasteiger partial charge in [0.15, 0.2) is 0 Å². The maximum absolute atomic E-state index is 11.9. The SMILES string of the molecule is C=CC(=O)N1CCN(CCCN2CC(c3cc(OC)cc(OC)c3Cl)=Cc3cnc(NC)nc32)CC1. The van der Waals surface area contributed by atoms with E-state index in [2.05, 4.69) is 32.8 Å². The van der Waals surface area contributed by atoms with Gasteiger partial charge in [0.05, 0.1) is 19.2 Å². The zero-order valence-electron chi connectivity index (χ0n) is 21.1. The summed E-state index contributed by atoms with van der Waals surface area (Å²) >= 11 is 6.72. The summed E-state index contributed by atoms with van der Waals surface area (Å²) < 4.78 is 11.0. The fourth-order valence-electron chi connectivity index (χ4n) is 4.60. The number of hydrogen-bond donors (Lipinski definition) is 1. The van der Waals surface area contributed by atoms with E-state index in [0.717, 1.165) is 68.2 Å². The first-order valence-corrected chi connectivity index (χ1v) is 12.4. The van der Waals surface area contributed by atoms with E-state index in [9.17, 15) is 4.79 Å². The Bertz CT molecular complexity index is 1150. The van der Waals surface area contributed by atoms with Crippen LogP contribution in [-0.2, 0) is 4.79 Å². The van der Waals surface area contributed by atoms with E-state index in [1.165, 1.54) is 6.08 Å². The number of carbonyl (C=O) groups excluding carboxylic acids is 1. The van der Waals surface area contributed by atoms with Crippen LogP contribution in [0.2, 0.25) is 5.02 Å². The van der Waals surface area contributed by atoms with Crippen LogP contribution < -0.4 is 19.7 Å². The van der Waals surface area contributed by atoms with Crippen molar-refractivity contribution in [2.24, 2.45) is 0 Å². The molecule has 1 aromatic carbocycles. The molecule has 3 heterocycles. The summed E-state index contributed by atoms with van der Waals surface area (Å²) in [5, 5.41) is 3.58. The Balaban J connectivity index is 1.52. The predicted molar refractivity (Wildman–Crippen MR) is 144 cm³/mol. The van der Waals surface area contributed by atoms with E-state index in [-0.39, 0.29) is 5.91 Å². The highest BCUT2D eigenvalue weighted by atomic mass is 35.5. The van der Waals surface area contributed by atoms with Crippen LogP contribution in [0.4, 0.5) is 11.8 Å². The highest BCUT2D eigenvalue weighted by Crippen LogP contribution is 2.40. The van der Waals surface area contributed by atoms with Crippen molar-refractivity contribution in [1.82, 2.24) is 19.8 Å². The number of amides is 1. The average molecular weight is 513 g/mol. The van der Waals surface area contributed by atoms with Crippen molar-refractivity contribution >= 4 is 40.9 Å². The van der Waals surface area contributed by atoms with Crippen molar-refractivity contribution in [1.29, 1.82) is 0 Å². The molecule has 0 atom stereocenters. The van der Waals surface area contributed by atoms with Crippen molar-refractivity contribution < 1.29 is 14.3 Å². The number of rotatable bonds is 9. The molecular formula is C26H33ClN6O3. The Morgan fingerprint density at radius 1 is 1.19 bits per heavy atom. The lowest BCUT2D eigenvalue weighted by Crippen LogP contribution is -2.48. The molecule has 2 aromatic rings. The summed E-state index contributed by atoms with van der Waals surface area (Å²) in [5.41, 5.74) is 2.84. The minimum atomic E-state index is 0.00625. The molecule has 1 aromatic heterocycles. The normalized spacial score (nSPS) is 15.7. The molecule has 0 radical (unpaired) electrons. The molecule has 0 aliphatic carbocycles. The molecule has 4 rings (SSSR count). The molecule has 36 heavy (non-hydrogen) atoms. The maximum atomic E-state index is 11.9. The third kappa shape index (κ3) is 5.57. The van der Waals surface area contributed by atoms with Gasteiger partial charge in [0.25, 0.3) is 0 Å². The molecule has 2 aliphatic rings. The number of halogens is 1. The molecule has 0 spiro atoms. The monoisotopic (exact) mass is 512 g/mol. The van der Waals surface area contributed by atoms with Crippen molar-refractivity contribution in [2.75, 3.05) is 77.3 Å². The topological polar surface area (TPSA) is 83.1 Å². The summed E-state index contributed by atoms with van der Waals surface area (Å²) in [6.45, 7) is 9.19. The zero-order chi connectivity index (χ0) is 25.7. The van der Waals surface area contributed by atoms with E-state index in [0.29, 0.717) is 29.0 Å². The third-order valence-electron chi connectivity index (χ3n) is 6.59. The lowest BCUT2D eigenvalue weighted by Gasteiger charge is -2.35. The number of ether oxygens (including phenoxy) is 2. The minimum Gasteiger partial charge on any atom is -0.497 e. The first-order valence-electron chi connectivity index (χ1n) is 12.0. The summed E-state index contributed by atoms with van der Waals surface area (Å²) in [7, 11) is 5.04. The van der Waals surface area contributed by atoms with Crippen LogP contribution in [-0.4, -0.2) is 92.8 Å². The van der Waals surface area contributed by atoms with Gasteiger partial charge in [-0.2, -0.15) is 4.98 Å². The molecule has 0 bridgehead atoms. The van der Waals surface area contributed by atoms with Gasteiger partial charge in [0.1, 0.15) is 17.3 Å². The largest absolute Gasteiger partial charge is 0.497 e. The van der Waals surface area contributed by atoms with Gasteiger partial charge in [-0.05, 0) is 36.8 Å². The van der Waals surface area contributed by atoms with Crippen molar-refractivity contribution in [3.05, 3.63) is 47.1 Å². The van der Waals surface area contributed by atoms with Gasteiger partial charge >= 0.3 is 0 Å². The van der Waals surface area contributed by atoms with Gasteiger partial charge in [-0.25, -0.2) is 4.98 Å². The van der Waals surface area contributed by atoms with Gasteiger partial charge in [0.2, 0.25) is 11.9 Å². The second kappa shape index (κ2) is 11.6. The van der Waals surface area contributed by atoms with Crippen molar-refractivity contribution in [3.8, 4) is 11.5 Å².